The van der Waals surface area contributed by atoms with Crippen molar-refractivity contribution in [2.45, 2.75) is 45.4 Å². The van der Waals surface area contributed by atoms with Gasteiger partial charge in [-0.15, -0.1) is 0 Å². The number of guanidine groups is 1. The van der Waals surface area contributed by atoms with Gasteiger partial charge in [0.15, 0.2) is 15.8 Å². The summed E-state index contributed by atoms with van der Waals surface area (Å²) in [5.41, 5.74) is 0. The molecular weight excluding hydrogens is 352 g/mol. The van der Waals surface area contributed by atoms with E-state index in [1.807, 2.05) is 20.8 Å². The first-order valence-electron chi connectivity index (χ1n) is 9.75. The summed E-state index contributed by atoms with van der Waals surface area (Å²) in [6.07, 6.45) is 0. The van der Waals surface area contributed by atoms with Gasteiger partial charge in [-0.3, -0.25) is 9.89 Å². The summed E-state index contributed by atoms with van der Waals surface area (Å²) in [5, 5.41) is 3.35. The maximum Gasteiger partial charge on any atom is 0.194 e. The number of hydrogen-bond donors (Lipinski definition) is 1. The monoisotopic (exact) mass is 388 g/mol. The van der Waals surface area contributed by atoms with Crippen LogP contribution in [0.15, 0.2) is 4.99 Å². The van der Waals surface area contributed by atoms with E-state index in [2.05, 4.69) is 29.0 Å². The van der Waals surface area contributed by atoms with Crippen LogP contribution in [0.5, 0.6) is 0 Å². The molecule has 26 heavy (non-hydrogen) atoms. The van der Waals surface area contributed by atoms with Gasteiger partial charge in [0.2, 0.25) is 0 Å². The second-order valence-corrected chi connectivity index (χ2v) is 10.9. The third-order valence-corrected chi connectivity index (χ3v) is 7.92. The molecule has 0 amide bonds. The molecule has 0 aromatic heterocycles. The predicted octanol–water partition coefficient (Wildman–Crippen LogP) is 0.818. The lowest BCUT2D eigenvalue weighted by atomic mass is 10.0. The Labute approximate surface area is 159 Å². The average Bonchev–Trinajstić information content (AvgIpc) is 2.57. The highest BCUT2D eigenvalue weighted by atomic mass is 32.2. The minimum absolute atomic E-state index is 0.182. The first kappa shape index (κ1) is 21.4. The molecule has 7 nitrogen and oxygen atoms in total. The molecule has 8 heteroatoms. The number of nitrogens with zero attached hydrogens (tertiary/aromatic N) is 3. The SMILES string of the molecule is CCNC(=NCC(C(C)C)N1CCOCC1)N1CCS(=O)(=O)C(C)(C)C1. The molecule has 0 aliphatic carbocycles. The minimum atomic E-state index is -3.05. The third-order valence-electron chi connectivity index (χ3n) is 5.39. The third kappa shape index (κ3) is 5.10. The lowest BCUT2D eigenvalue weighted by molar-refractivity contribution is 0.00862. The van der Waals surface area contributed by atoms with Gasteiger partial charge in [0, 0.05) is 38.8 Å². The summed E-state index contributed by atoms with van der Waals surface area (Å²) >= 11 is 0. The Morgan fingerprint density at radius 2 is 1.88 bits per heavy atom. The van der Waals surface area contributed by atoms with Crippen LogP contribution in [0.1, 0.15) is 34.6 Å². The number of nitrogens with one attached hydrogen (secondary N) is 1. The zero-order valence-corrected chi connectivity index (χ0v) is 17.8. The van der Waals surface area contributed by atoms with Crippen LogP contribution in [0.3, 0.4) is 0 Å². The van der Waals surface area contributed by atoms with Crippen LogP contribution in [0, 0.1) is 5.92 Å². The molecule has 1 unspecified atom stereocenters. The molecule has 2 aliphatic rings. The van der Waals surface area contributed by atoms with Gasteiger partial charge in [0.1, 0.15) is 0 Å². The molecule has 0 bridgehead atoms. The lowest BCUT2D eigenvalue weighted by Gasteiger charge is -2.40. The van der Waals surface area contributed by atoms with E-state index in [4.69, 9.17) is 9.73 Å². The molecule has 2 rings (SSSR count). The fourth-order valence-electron chi connectivity index (χ4n) is 3.59. The normalized spacial score (nSPS) is 25.3. The highest BCUT2D eigenvalue weighted by Crippen LogP contribution is 2.24. The van der Waals surface area contributed by atoms with Crippen LogP contribution in [0.25, 0.3) is 0 Å². The first-order valence-corrected chi connectivity index (χ1v) is 11.4. The largest absolute Gasteiger partial charge is 0.379 e. The summed E-state index contributed by atoms with van der Waals surface area (Å²) in [7, 11) is -3.05. The highest BCUT2D eigenvalue weighted by Gasteiger charge is 2.41. The quantitative estimate of drug-likeness (QED) is 0.555. The maximum absolute atomic E-state index is 12.3. The zero-order chi connectivity index (χ0) is 19.4. The van der Waals surface area contributed by atoms with Crippen molar-refractivity contribution in [1.29, 1.82) is 0 Å². The molecule has 0 spiro atoms. The summed E-state index contributed by atoms with van der Waals surface area (Å²) in [4.78, 5) is 9.46. The van der Waals surface area contributed by atoms with Crippen molar-refractivity contribution in [2.75, 3.05) is 58.2 Å². The molecule has 2 saturated heterocycles. The van der Waals surface area contributed by atoms with Crippen molar-refractivity contribution in [3.05, 3.63) is 0 Å². The van der Waals surface area contributed by atoms with E-state index in [1.165, 1.54) is 0 Å². The van der Waals surface area contributed by atoms with E-state index in [9.17, 15) is 8.42 Å². The molecule has 1 atom stereocenters. The van der Waals surface area contributed by atoms with Crippen LogP contribution < -0.4 is 5.32 Å². The van der Waals surface area contributed by atoms with Gasteiger partial charge >= 0.3 is 0 Å². The van der Waals surface area contributed by atoms with Gasteiger partial charge in [-0.1, -0.05) is 13.8 Å². The Morgan fingerprint density at radius 3 is 2.42 bits per heavy atom. The Bertz CT molecular complexity index is 583. The summed E-state index contributed by atoms with van der Waals surface area (Å²) < 4.78 is 29.3. The van der Waals surface area contributed by atoms with Gasteiger partial charge in [-0.05, 0) is 26.7 Å². The number of sulfone groups is 1. The fourth-order valence-corrected chi connectivity index (χ4v) is 4.95. The number of rotatable bonds is 5. The van der Waals surface area contributed by atoms with Crippen LogP contribution in [0.4, 0.5) is 0 Å². The zero-order valence-electron chi connectivity index (χ0n) is 17.0. The number of aliphatic imine (C=N–C) groups is 1. The second-order valence-electron chi connectivity index (χ2n) is 8.15. The molecule has 152 valence electrons. The molecule has 2 heterocycles. The van der Waals surface area contributed by atoms with Gasteiger partial charge in [-0.2, -0.15) is 0 Å². The summed E-state index contributed by atoms with van der Waals surface area (Å²) in [6.45, 7) is 16.1. The Kier molecular flexibility index (Phi) is 7.33. The maximum atomic E-state index is 12.3. The van der Waals surface area contributed by atoms with Gasteiger partial charge in [0.25, 0.3) is 0 Å². The molecule has 0 aromatic carbocycles. The topological polar surface area (TPSA) is 74.2 Å². The molecule has 2 fully saturated rings. The van der Waals surface area contributed by atoms with Crippen molar-refractivity contribution < 1.29 is 13.2 Å². The van der Waals surface area contributed by atoms with Gasteiger partial charge in [0.05, 0.1) is 30.3 Å². The van der Waals surface area contributed by atoms with E-state index in [1.54, 1.807) is 0 Å². The first-order chi connectivity index (χ1) is 12.2. The molecule has 1 N–H and O–H groups in total. The van der Waals surface area contributed by atoms with Crippen LogP contribution in [-0.2, 0) is 14.6 Å². The van der Waals surface area contributed by atoms with E-state index < -0.39 is 14.6 Å². The Balaban J connectivity index is 2.12. The number of ether oxygens (including phenoxy) is 1. The lowest BCUT2D eigenvalue weighted by Crippen LogP contribution is -2.57. The predicted molar refractivity (Wildman–Crippen MR) is 106 cm³/mol. The van der Waals surface area contributed by atoms with E-state index in [0.29, 0.717) is 31.6 Å². The molecule has 0 aromatic rings. The number of morpholine rings is 1. The Hall–Kier alpha value is -0.860. The Morgan fingerprint density at radius 1 is 1.23 bits per heavy atom. The van der Waals surface area contributed by atoms with Crippen LogP contribution >= 0.6 is 0 Å². The van der Waals surface area contributed by atoms with Crippen molar-refractivity contribution in [3.63, 3.8) is 0 Å². The van der Waals surface area contributed by atoms with Crippen LogP contribution in [0.2, 0.25) is 0 Å². The highest BCUT2D eigenvalue weighted by molar-refractivity contribution is 7.92. The van der Waals surface area contributed by atoms with Gasteiger partial charge < -0.3 is 15.0 Å². The second kappa shape index (κ2) is 8.89. The summed E-state index contributed by atoms with van der Waals surface area (Å²) in [6, 6.07) is 0.370. The standard InChI is InChI=1S/C18H36N4O3S/c1-6-19-17(22-9-12-26(23,24)18(4,5)14-22)20-13-16(15(2)3)21-7-10-25-11-8-21/h15-16H,6-14H2,1-5H3,(H,19,20). The van der Waals surface area contributed by atoms with Crippen molar-refractivity contribution in [3.8, 4) is 0 Å². The van der Waals surface area contributed by atoms with E-state index in [0.717, 1.165) is 38.8 Å². The summed E-state index contributed by atoms with van der Waals surface area (Å²) in [5.74, 6) is 1.51. The van der Waals surface area contributed by atoms with Crippen molar-refractivity contribution >= 4 is 15.8 Å². The fraction of sp³-hybridized carbons (Fsp3) is 0.944. The van der Waals surface area contributed by atoms with E-state index in [-0.39, 0.29) is 5.75 Å². The minimum Gasteiger partial charge on any atom is -0.379 e. The molecular formula is C18H36N4O3S. The van der Waals surface area contributed by atoms with Gasteiger partial charge in [-0.25, -0.2) is 8.42 Å². The smallest absolute Gasteiger partial charge is 0.194 e. The molecule has 0 radical (unpaired) electrons. The number of hydrogen-bond acceptors (Lipinski definition) is 5. The van der Waals surface area contributed by atoms with Crippen molar-refractivity contribution in [2.24, 2.45) is 10.9 Å². The average molecular weight is 389 g/mol. The molecule has 2 aliphatic heterocycles. The molecule has 0 saturated carbocycles. The van der Waals surface area contributed by atoms with Crippen LogP contribution in [-0.4, -0.2) is 93.2 Å². The van der Waals surface area contributed by atoms with E-state index >= 15 is 0 Å². The van der Waals surface area contributed by atoms with Crippen molar-refractivity contribution in [1.82, 2.24) is 15.1 Å².